The summed E-state index contributed by atoms with van der Waals surface area (Å²) in [5.74, 6) is 0.310. The molecule has 174 valence electrons. The molecule has 0 aromatic heterocycles. The normalized spacial score (nSPS) is 11.5. The molecule has 3 aromatic rings. The molecular weight excluding hydrogens is 428 g/mol. The van der Waals surface area contributed by atoms with Gasteiger partial charge in [-0.3, -0.25) is 4.79 Å². The number of hydrazone groups is 1. The van der Waals surface area contributed by atoms with Crippen molar-refractivity contribution in [1.29, 1.82) is 0 Å². The Hall–Kier alpha value is -4.19. The van der Waals surface area contributed by atoms with E-state index in [1.165, 1.54) is 12.3 Å². The zero-order valence-corrected chi connectivity index (χ0v) is 19.7. The van der Waals surface area contributed by atoms with Crippen LogP contribution in [0.25, 0.3) is 6.08 Å². The lowest BCUT2D eigenvalue weighted by atomic mass is 9.87. The molecular formula is C28H28N2O4. The van der Waals surface area contributed by atoms with E-state index in [9.17, 15) is 9.59 Å². The predicted molar refractivity (Wildman–Crippen MR) is 134 cm³/mol. The summed E-state index contributed by atoms with van der Waals surface area (Å²) in [6.45, 7) is 6.36. The molecule has 0 fully saturated rings. The van der Waals surface area contributed by atoms with Gasteiger partial charge in [-0.2, -0.15) is 5.10 Å². The van der Waals surface area contributed by atoms with Crippen LogP contribution in [0.3, 0.4) is 0 Å². The topological polar surface area (TPSA) is 77.0 Å². The highest BCUT2D eigenvalue weighted by Crippen LogP contribution is 2.22. The molecule has 1 N–H and O–H groups in total. The summed E-state index contributed by atoms with van der Waals surface area (Å²) in [5, 5.41) is 4.01. The molecule has 0 spiro atoms. The molecule has 0 aliphatic heterocycles. The third-order valence-electron chi connectivity index (χ3n) is 5.00. The Morgan fingerprint density at radius 1 is 0.882 bits per heavy atom. The Labute approximate surface area is 199 Å². The number of ether oxygens (including phenoxy) is 2. The van der Waals surface area contributed by atoms with E-state index in [-0.39, 0.29) is 11.3 Å². The molecule has 0 unspecified atom stereocenters. The first-order chi connectivity index (χ1) is 16.2. The summed E-state index contributed by atoms with van der Waals surface area (Å²) in [4.78, 5) is 24.5. The number of rotatable bonds is 7. The highest BCUT2D eigenvalue weighted by atomic mass is 16.5. The van der Waals surface area contributed by atoms with Crippen molar-refractivity contribution >= 4 is 24.2 Å². The van der Waals surface area contributed by atoms with E-state index in [2.05, 4.69) is 31.3 Å². The van der Waals surface area contributed by atoms with Crippen LogP contribution in [0, 0.1) is 0 Å². The molecule has 0 atom stereocenters. The fraction of sp³-hybridized carbons (Fsp3) is 0.179. The predicted octanol–water partition coefficient (Wildman–Crippen LogP) is 5.38. The van der Waals surface area contributed by atoms with Gasteiger partial charge in [0, 0.05) is 11.6 Å². The first kappa shape index (κ1) is 24.5. The van der Waals surface area contributed by atoms with Gasteiger partial charge in [-0.05, 0) is 64.6 Å². The van der Waals surface area contributed by atoms with Gasteiger partial charge in [-0.25, -0.2) is 10.2 Å². The van der Waals surface area contributed by atoms with Crippen molar-refractivity contribution in [2.75, 3.05) is 7.11 Å². The lowest BCUT2D eigenvalue weighted by Crippen LogP contribution is -2.18. The Kier molecular flexibility index (Phi) is 7.98. The minimum absolute atomic E-state index is 0.0209. The van der Waals surface area contributed by atoms with Crippen molar-refractivity contribution in [3.8, 4) is 11.5 Å². The maximum absolute atomic E-state index is 12.3. The number of hydrogen-bond donors (Lipinski definition) is 1. The Balaban J connectivity index is 1.55. The van der Waals surface area contributed by atoms with E-state index < -0.39 is 5.97 Å². The molecule has 0 saturated carbocycles. The molecule has 0 bridgehead atoms. The van der Waals surface area contributed by atoms with E-state index in [4.69, 9.17) is 9.47 Å². The number of nitrogens with zero attached hydrogens (tertiary/aromatic N) is 1. The van der Waals surface area contributed by atoms with Gasteiger partial charge in [-0.1, -0.05) is 57.2 Å². The van der Waals surface area contributed by atoms with Crippen molar-refractivity contribution in [3.63, 3.8) is 0 Å². The van der Waals surface area contributed by atoms with Crippen LogP contribution in [0.2, 0.25) is 0 Å². The van der Waals surface area contributed by atoms with Gasteiger partial charge < -0.3 is 9.47 Å². The van der Waals surface area contributed by atoms with Crippen LogP contribution >= 0.6 is 0 Å². The van der Waals surface area contributed by atoms with Gasteiger partial charge in [0.25, 0.3) is 5.91 Å². The number of amides is 1. The molecule has 3 aromatic carbocycles. The van der Waals surface area contributed by atoms with E-state index in [0.717, 1.165) is 16.9 Å². The van der Waals surface area contributed by atoms with Gasteiger partial charge in [0.2, 0.25) is 0 Å². The van der Waals surface area contributed by atoms with Crippen molar-refractivity contribution in [3.05, 3.63) is 101 Å². The highest BCUT2D eigenvalue weighted by molar-refractivity contribution is 5.95. The van der Waals surface area contributed by atoms with E-state index in [0.29, 0.717) is 16.9 Å². The summed E-state index contributed by atoms with van der Waals surface area (Å²) in [7, 11) is 1.60. The molecule has 6 nitrogen and oxygen atoms in total. The SMILES string of the molecule is COc1ccc(/C=C/C(=O)Oc2cccc(/C=N/NC(=O)c3ccc(C(C)(C)C)cc3)c2)cc1. The first-order valence-corrected chi connectivity index (χ1v) is 10.8. The lowest BCUT2D eigenvalue weighted by Gasteiger charge is -2.18. The van der Waals surface area contributed by atoms with E-state index in [1.807, 2.05) is 36.4 Å². The second-order valence-electron chi connectivity index (χ2n) is 8.63. The standard InChI is InChI=1S/C28H28N2O4/c1-28(2,3)23-13-11-22(12-14-23)27(32)30-29-19-21-6-5-7-25(18-21)34-26(31)17-10-20-8-15-24(33-4)16-9-20/h5-19H,1-4H3,(H,30,32)/b17-10+,29-19+. The Morgan fingerprint density at radius 2 is 1.59 bits per heavy atom. The average Bonchev–Trinajstić information content (AvgIpc) is 2.83. The smallest absolute Gasteiger partial charge is 0.336 e. The number of carbonyl (C=O) groups is 2. The van der Waals surface area contributed by atoms with Crippen LogP contribution in [0.1, 0.15) is 47.8 Å². The number of methoxy groups -OCH3 is 1. The van der Waals surface area contributed by atoms with Crippen LogP contribution in [0.4, 0.5) is 0 Å². The molecule has 0 aliphatic rings. The second kappa shape index (κ2) is 11.1. The summed E-state index contributed by atoms with van der Waals surface area (Å²) in [6, 6.07) is 21.6. The minimum atomic E-state index is -0.503. The molecule has 0 heterocycles. The maximum atomic E-state index is 12.3. The number of carbonyl (C=O) groups excluding carboxylic acids is 2. The third-order valence-corrected chi connectivity index (χ3v) is 5.00. The van der Waals surface area contributed by atoms with Gasteiger partial charge in [-0.15, -0.1) is 0 Å². The maximum Gasteiger partial charge on any atom is 0.336 e. The number of esters is 1. The molecule has 6 heteroatoms. The van der Waals surface area contributed by atoms with Crippen molar-refractivity contribution in [1.82, 2.24) is 5.43 Å². The zero-order chi connectivity index (χ0) is 24.6. The molecule has 0 saturated heterocycles. The van der Waals surface area contributed by atoms with Gasteiger partial charge in [0.1, 0.15) is 11.5 Å². The first-order valence-electron chi connectivity index (χ1n) is 10.8. The monoisotopic (exact) mass is 456 g/mol. The number of nitrogens with one attached hydrogen (secondary N) is 1. The van der Waals surface area contributed by atoms with Crippen LogP contribution < -0.4 is 14.9 Å². The zero-order valence-electron chi connectivity index (χ0n) is 19.7. The molecule has 3 rings (SSSR count). The fourth-order valence-electron chi connectivity index (χ4n) is 3.04. The largest absolute Gasteiger partial charge is 0.497 e. The molecule has 1 amide bonds. The Morgan fingerprint density at radius 3 is 2.24 bits per heavy atom. The summed E-state index contributed by atoms with van der Waals surface area (Å²) < 4.78 is 10.5. The lowest BCUT2D eigenvalue weighted by molar-refractivity contribution is -0.128. The molecule has 34 heavy (non-hydrogen) atoms. The summed E-state index contributed by atoms with van der Waals surface area (Å²) >= 11 is 0. The van der Waals surface area contributed by atoms with Gasteiger partial charge in [0.05, 0.1) is 13.3 Å². The van der Waals surface area contributed by atoms with Crippen LogP contribution in [-0.4, -0.2) is 25.2 Å². The van der Waals surface area contributed by atoms with Crippen molar-refractivity contribution in [2.24, 2.45) is 5.10 Å². The van der Waals surface area contributed by atoms with E-state index >= 15 is 0 Å². The van der Waals surface area contributed by atoms with Crippen LogP contribution in [-0.2, 0) is 10.2 Å². The number of benzene rings is 3. The third kappa shape index (κ3) is 7.17. The van der Waals surface area contributed by atoms with E-state index in [1.54, 1.807) is 49.6 Å². The summed E-state index contributed by atoms with van der Waals surface area (Å²) in [6.07, 6.45) is 4.51. The minimum Gasteiger partial charge on any atom is -0.497 e. The van der Waals surface area contributed by atoms with Gasteiger partial charge >= 0.3 is 5.97 Å². The quantitative estimate of drug-likeness (QED) is 0.170. The van der Waals surface area contributed by atoms with Crippen molar-refractivity contribution < 1.29 is 19.1 Å². The number of hydrogen-bond acceptors (Lipinski definition) is 5. The second-order valence-corrected chi connectivity index (χ2v) is 8.63. The van der Waals surface area contributed by atoms with Crippen LogP contribution in [0.5, 0.6) is 11.5 Å². The fourth-order valence-corrected chi connectivity index (χ4v) is 3.04. The highest BCUT2D eigenvalue weighted by Gasteiger charge is 2.14. The van der Waals surface area contributed by atoms with Gasteiger partial charge in [0.15, 0.2) is 0 Å². The molecule has 0 radical (unpaired) electrons. The van der Waals surface area contributed by atoms with Crippen molar-refractivity contribution in [2.45, 2.75) is 26.2 Å². The average molecular weight is 457 g/mol. The Bertz CT molecular complexity index is 1190. The van der Waals surface area contributed by atoms with Crippen LogP contribution in [0.15, 0.2) is 84.0 Å². The summed E-state index contributed by atoms with van der Waals surface area (Å²) in [5.41, 5.74) is 5.73. The molecule has 0 aliphatic carbocycles.